The van der Waals surface area contributed by atoms with Crippen molar-refractivity contribution in [3.8, 4) is 11.1 Å². The number of aromatic nitrogens is 3. The van der Waals surface area contributed by atoms with Gasteiger partial charge in [0.05, 0.1) is 0 Å². The molecule has 0 atom stereocenters. The molecule has 5 heteroatoms. The molecule has 3 aromatic rings. The normalized spacial score (nSPS) is 10.3. The second kappa shape index (κ2) is 6.00. The highest BCUT2D eigenvalue weighted by Gasteiger charge is 2.04. The Morgan fingerprint density at radius 3 is 2.67 bits per heavy atom. The molecule has 0 saturated carbocycles. The van der Waals surface area contributed by atoms with Gasteiger partial charge in [0.15, 0.2) is 0 Å². The highest BCUT2D eigenvalue weighted by Crippen LogP contribution is 2.19. The van der Waals surface area contributed by atoms with Gasteiger partial charge in [-0.25, -0.2) is 4.79 Å². The van der Waals surface area contributed by atoms with E-state index >= 15 is 0 Å². The largest absolute Gasteiger partial charge is 0.342 e. The van der Waals surface area contributed by atoms with Crippen LogP contribution in [0.5, 0.6) is 0 Å². The van der Waals surface area contributed by atoms with Crippen LogP contribution in [0.2, 0.25) is 0 Å². The van der Waals surface area contributed by atoms with Gasteiger partial charge in [-0.1, -0.05) is 18.2 Å². The minimum absolute atomic E-state index is 0.241. The first kappa shape index (κ1) is 13.1. The molecule has 1 aromatic carbocycles. The molecule has 0 radical (unpaired) electrons. The van der Waals surface area contributed by atoms with Gasteiger partial charge in [-0.15, -0.1) is 0 Å². The molecule has 1 N–H and O–H groups in total. The first-order chi connectivity index (χ1) is 10.3. The number of hydrogen-bond acceptors (Lipinski definition) is 3. The highest BCUT2D eigenvalue weighted by atomic mass is 16.2. The van der Waals surface area contributed by atoms with Crippen molar-refractivity contribution in [1.82, 2.24) is 20.1 Å². The van der Waals surface area contributed by atoms with Gasteiger partial charge in [-0.05, 0) is 41.0 Å². The SMILES string of the molecule is O=C(NCc1cccc(-c2ccncc2)c1)n1cccn1. The fourth-order valence-corrected chi connectivity index (χ4v) is 2.05. The van der Waals surface area contributed by atoms with Gasteiger partial charge in [0, 0.05) is 31.3 Å². The summed E-state index contributed by atoms with van der Waals surface area (Å²) in [6, 6.07) is 13.4. The molecule has 0 unspecified atom stereocenters. The zero-order valence-corrected chi connectivity index (χ0v) is 11.3. The molecule has 2 aromatic heterocycles. The molecule has 0 aliphatic rings. The van der Waals surface area contributed by atoms with E-state index in [1.165, 1.54) is 4.68 Å². The van der Waals surface area contributed by atoms with Crippen LogP contribution in [0.1, 0.15) is 5.56 Å². The van der Waals surface area contributed by atoms with Crippen LogP contribution >= 0.6 is 0 Å². The van der Waals surface area contributed by atoms with E-state index in [2.05, 4.69) is 21.5 Å². The second-order valence-electron chi connectivity index (χ2n) is 4.55. The zero-order valence-electron chi connectivity index (χ0n) is 11.3. The van der Waals surface area contributed by atoms with Crippen LogP contribution in [0.15, 0.2) is 67.3 Å². The van der Waals surface area contributed by atoms with Crippen LogP contribution in [0.4, 0.5) is 4.79 Å². The summed E-state index contributed by atoms with van der Waals surface area (Å²) in [5.41, 5.74) is 3.23. The molecule has 0 saturated heterocycles. The van der Waals surface area contributed by atoms with Gasteiger partial charge in [0.1, 0.15) is 0 Å². The minimum atomic E-state index is -0.241. The van der Waals surface area contributed by atoms with Crippen molar-refractivity contribution in [2.24, 2.45) is 0 Å². The molecule has 0 spiro atoms. The fraction of sp³-hybridized carbons (Fsp3) is 0.0625. The van der Waals surface area contributed by atoms with Crippen molar-refractivity contribution in [1.29, 1.82) is 0 Å². The third-order valence-corrected chi connectivity index (χ3v) is 3.10. The first-order valence-corrected chi connectivity index (χ1v) is 6.60. The third-order valence-electron chi connectivity index (χ3n) is 3.10. The molecule has 0 aliphatic heterocycles. The molecule has 0 fully saturated rings. The Morgan fingerprint density at radius 1 is 1.05 bits per heavy atom. The Bertz CT molecular complexity index is 723. The lowest BCUT2D eigenvalue weighted by molar-refractivity contribution is 0.239. The van der Waals surface area contributed by atoms with Crippen LogP contribution in [-0.2, 0) is 6.54 Å². The van der Waals surface area contributed by atoms with Crippen LogP contribution in [0.25, 0.3) is 11.1 Å². The number of carbonyl (C=O) groups excluding carboxylic acids is 1. The van der Waals surface area contributed by atoms with Gasteiger partial charge in [-0.3, -0.25) is 4.98 Å². The Hall–Kier alpha value is -2.95. The van der Waals surface area contributed by atoms with Gasteiger partial charge in [-0.2, -0.15) is 9.78 Å². The number of rotatable bonds is 3. The number of benzene rings is 1. The quantitative estimate of drug-likeness (QED) is 0.801. The van der Waals surface area contributed by atoms with E-state index in [-0.39, 0.29) is 6.03 Å². The minimum Gasteiger partial charge on any atom is -0.332 e. The lowest BCUT2D eigenvalue weighted by Gasteiger charge is -2.07. The summed E-state index contributed by atoms with van der Waals surface area (Å²) >= 11 is 0. The molecule has 0 bridgehead atoms. The van der Waals surface area contributed by atoms with Gasteiger partial charge in [0.25, 0.3) is 0 Å². The van der Waals surface area contributed by atoms with Gasteiger partial charge in [0.2, 0.25) is 0 Å². The molecular formula is C16H14N4O. The van der Waals surface area contributed by atoms with Crippen LogP contribution in [0.3, 0.4) is 0 Å². The van der Waals surface area contributed by atoms with Crippen molar-refractivity contribution in [2.75, 3.05) is 0 Å². The van der Waals surface area contributed by atoms with Gasteiger partial charge < -0.3 is 5.32 Å². The smallest absolute Gasteiger partial charge is 0.332 e. The van der Waals surface area contributed by atoms with E-state index in [0.717, 1.165) is 16.7 Å². The number of pyridine rings is 1. The number of nitrogens with zero attached hydrogens (tertiary/aromatic N) is 3. The number of amides is 1. The molecule has 3 rings (SSSR count). The lowest BCUT2D eigenvalue weighted by atomic mass is 10.0. The van der Waals surface area contributed by atoms with Crippen molar-refractivity contribution in [3.05, 3.63) is 72.8 Å². The number of carbonyl (C=O) groups is 1. The van der Waals surface area contributed by atoms with Crippen molar-refractivity contribution >= 4 is 6.03 Å². The first-order valence-electron chi connectivity index (χ1n) is 6.60. The van der Waals surface area contributed by atoms with Crippen LogP contribution in [0, 0.1) is 0 Å². The summed E-state index contributed by atoms with van der Waals surface area (Å²) < 4.78 is 1.27. The average molecular weight is 278 g/mol. The van der Waals surface area contributed by atoms with E-state index in [1.807, 2.05) is 30.3 Å². The van der Waals surface area contributed by atoms with Crippen LogP contribution < -0.4 is 5.32 Å². The standard InChI is InChI=1S/C16H14N4O/c21-16(20-10-2-7-19-20)18-12-13-3-1-4-15(11-13)14-5-8-17-9-6-14/h1-11H,12H2,(H,18,21). The van der Waals surface area contributed by atoms with E-state index in [0.29, 0.717) is 6.54 Å². The summed E-state index contributed by atoms with van der Waals surface area (Å²) in [7, 11) is 0. The lowest BCUT2D eigenvalue weighted by Crippen LogP contribution is -2.28. The Balaban J connectivity index is 1.71. The summed E-state index contributed by atoms with van der Waals surface area (Å²) in [5, 5.41) is 6.72. The van der Waals surface area contributed by atoms with Crippen molar-refractivity contribution in [2.45, 2.75) is 6.54 Å². The predicted octanol–water partition coefficient (Wildman–Crippen LogP) is 2.70. The molecule has 21 heavy (non-hydrogen) atoms. The summed E-state index contributed by atoms with van der Waals surface area (Å²) in [5.74, 6) is 0. The molecule has 5 nitrogen and oxygen atoms in total. The predicted molar refractivity (Wildman–Crippen MR) is 79.5 cm³/mol. The zero-order chi connectivity index (χ0) is 14.5. The molecular weight excluding hydrogens is 264 g/mol. The van der Waals surface area contributed by atoms with E-state index in [9.17, 15) is 4.79 Å². The maximum Gasteiger partial charge on any atom is 0.342 e. The molecule has 0 aliphatic carbocycles. The summed E-state index contributed by atoms with van der Waals surface area (Å²) in [4.78, 5) is 15.8. The van der Waals surface area contributed by atoms with E-state index in [4.69, 9.17) is 0 Å². The molecule has 104 valence electrons. The Morgan fingerprint density at radius 2 is 1.90 bits per heavy atom. The molecule has 1 amide bonds. The van der Waals surface area contributed by atoms with Gasteiger partial charge >= 0.3 is 6.03 Å². The maximum absolute atomic E-state index is 11.8. The highest BCUT2D eigenvalue weighted by molar-refractivity contribution is 5.75. The molecule has 2 heterocycles. The van der Waals surface area contributed by atoms with Crippen LogP contribution in [-0.4, -0.2) is 20.8 Å². The monoisotopic (exact) mass is 278 g/mol. The summed E-state index contributed by atoms with van der Waals surface area (Å²) in [6.07, 6.45) is 6.72. The fourth-order valence-electron chi connectivity index (χ4n) is 2.05. The topological polar surface area (TPSA) is 59.8 Å². The van der Waals surface area contributed by atoms with E-state index in [1.54, 1.807) is 30.9 Å². The summed E-state index contributed by atoms with van der Waals surface area (Å²) in [6.45, 7) is 0.456. The third kappa shape index (κ3) is 3.14. The van der Waals surface area contributed by atoms with Crippen molar-refractivity contribution < 1.29 is 4.79 Å². The average Bonchev–Trinajstić information content (AvgIpc) is 3.08. The Labute approximate surface area is 122 Å². The number of nitrogens with one attached hydrogen (secondary N) is 1. The van der Waals surface area contributed by atoms with E-state index < -0.39 is 0 Å². The maximum atomic E-state index is 11.8. The second-order valence-corrected chi connectivity index (χ2v) is 4.55. The van der Waals surface area contributed by atoms with Crippen molar-refractivity contribution in [3.63, 3.8) is 0 Å². The Kier molecular flexibility index (Phi) is 3.73. The number of hydrogen-bond donors (Lipinski definition) is 1.